The first-order valence-electron chi connectivity index (χ1n) is 8.28. The van der Waals surface area contributed by atoms with Gasteiger partial charge in [-0.1, -0.05) is 6.92 Å². The quantitative estimate of drug-likeness (QED) is 0.764. The van der Waals surface area contributed by atoms with Gasteiger partial charge in [-0.3, -0.25) is 0 Å². The smallest absolute Gasteiger partial charge is 0.234 e. The molecule has 21 heavy (non-hydrogen) atoms. The Balaban J connectivity index is 1.62. The molecule has 0 unspecified atom stereocenters. The number of hydrogen-bond donors (Lipinski definition) is 0. The van der Waals surface area contributed by atoms with Crippen LogP contribution in [0.4, 0.5) is 0 Å². The summed E-state index contributed by atoms with van der Waals surface area (Å²) < 4.78 is 9.87. The molecule has 2 aromatic heterocycles. The fourth-order valence-corrected chi connectivity index (χ4v) is 4.30. The minimum Gasteiger partial charge on any atom is -0.234 e. The molecule has 1 spiro atoms. The Morgan fingerprint density at radius 2 is 1.76 bits per heavy atom. The lowest BCUT2D eigenvalue weighted by atomic mass is 9.85. The van der Waals surface area contributed by atoms with Crippen molar-refractivity contribution in [2.24, 2.45) is 5.41 Å². The van der Waals surface area contributed by atoms with E-state index in [2.05, 4.69) is 63.8 Å². The molecule has 0 aromatic carbocycles. The zero-order valence-corrected chi connectivity index (χ0v) is 13.4. The summed E-state index contributed by atoms with van der Waals surface area (Å²) in [4.78, 5) is 0. The molecule has 0 radical (unpaired) electrons. The number of nitrogens with zero attached hydrogens (tertiary/aromatic N) is 4. The Kier molecular flexibility index (Phi) is 2.78. The van der Waals surface area contributed by atoms with Crippen molar-refractivity contribution in [2.45, 2.75) is 65.7 Å². The Morgan fingerprint density at radius 1 is 1.10 bits per heavy atom. The Bertz CT molecular complexity index is 679. The summed E-state index contributed by atoms with van der Waals surface area (Å²) in [5.41, 5.74) is 0.416. The summed E-state index contributed by atoms with van der Waals surface area (Å²) in [5, 5.41) is 0. The first kappa shape index (κ1) is 13.1. The average Bonchev–Trinajstić information content (AvgIpc) is 3.12. The van der Waals surface area contributed by atoms with Gasteiger partial charge in [0.2, 0.25) is 0 Å². The van der Waals surface area contributed by atoms with E-state index in [0.29, 0.717) is 11.5 Å². The van der Waals surface area contributed by atoms with E-state index in [4.69, 9.17) is 0 Å². The fourth-order valence-electron chi connectivity index (χ4n) is 4.30. The normalized spacial score (nSPS) is 23.2. The van der Waals surface area contributed by atoms with E-state index >= 15 is 0 Å². The second-order valence-corrected chi connectivity index (χ2v) is 7.23. The van der Waals surface area contributed by atoms with Crippen LogP contribution in [-0.2, 0) is 32.5 Å². The molecular formula is C17H26N4+2. The van der Waals surface area contributed by atoms with Crippen LogP contribution in [0.25, 0.3) is 0 Å². The minimum absolute atomic E-state index is 0.416. The molecule has 2 aliphatic heterocycles. The van der Waals surface area contributed by atoms with E-state index in [-0.39, 0.29) is 0 Å². The molecule has 2 aliphatic rings. The lowest BCUT2D eigenvalue weighted by Crippen LogP contribution is -2.41. The third-order valence-electron chi connectivity index (χ3n) is 5.23. The molecule has 0 amide bonds. The summed E-state index contributed by atoms with van der Waals surface area (Å²) in [7, 11) is 0. The number of rotatable bonds is 3. The van der Waals surface area contributed by atoms with E-state index < -0.39 is 0 Å². The molecule has 0 saturated carbocycles. The SMILES string of the molecule is CCCn1cc[n+]2c1C[C@]1(Cc3n(C(C)C)cc[n+]3C1)C2. The number of aryl methyl sites for hydroxylation is 1. The molecule has 0 fully saturated rings. The van der Waals surface area contributed by atoms with Crippen LogP contribution in [0.2, 0.25) is 0 Å². The lowest BCUT2D eigenvalue weighted by Gasteiger charge is -2.15. The summed E-state index contributed by atoms with van der Waals surface area (Å²) >= 11 is 0. The van der Waals surface area contributed by atoms with Gasteiger partial charge in [0.15, 0.2) is 0 Å². The van der Waals surface area contributed by atoms with Crippen molar-refractivity contribution in [3.63, 3.8) is 0 Å². The van der Waals surface area contributed by atoms with E-state index in [1.54, 1.807) is 0 Å². The molecule has 0 saturated heterocycles. The monoisotopic (exact) mass is 286 g/mol. The van der Waals surface area contributed by atoms with E-state index in [0.717, 1.165) is 6.54 Å². The van der Waals surface area contributed by atoms with E-state index in [1.807, 2.05) is 0 Å². The van der Waals surface area contributed by atoms with E-state index in [9.17, 15) is 0 Å². The molecule has 0 bridgehead atoms. The van der Waals surface area contributed by atoms with Gasteiger partial charge in [0.05, 0.1) is 30.8 Å². The maximum absolute atomic E-state index is 2.49. The topological polar surface area (TPSA) is 17.6 Å². The van der Waals surface area contributed by atoms with Crippen LogP contribution in [-0.4, -0.2) is 9.13 Å². The Hall–Kier alpha value is -1.58. The van der Waals surface area contributed by atoms with Crippen molar-refractivity contribution in [1.29, 1.82) is 0 Å². The van der Waals surface area contributed by atoms with Gasteiger partial charge in [-0.15, -0.1) is 0 Å². The maximum Gasteiger partial charge on any atom is 0.257 e. The maximum atomic E-state index is 2.49. The Labute approximate surface area is 126 Å². The van der Waals surface area contributed by atoms with Crippen LogP contribution >= 0.6 is 0 Å². The van der Waals surface area contributed by atoms with Crippen molar-refractivity contribution in [2.75, 3.05) is 0 Å². The van der Waals surface area contributed by atoms with Crippen LogP contribution in [0.1, 0.15) is 44.9 Å². The first-order chi connectivity index (χ1) is 10.1. The molecule has 0 N–H and O–H groups in total. The number of aromatic nitrogens is 4. The molecule has 4 heterocycles. The van der Waals surface area contributed by atoms with Crippen molar-refractivity contribution in [1.82, 2.24) is 9.13 Å². The van der Waals surface area contributed by atoms with Gasteiger partial charge in [-0.25, -0.2) is 18.3 Å². The van der Waals surface area contributed by atoms with Crippen molar-refractivity contribution < 1.29 is 9.13 Å². The molecular weight excluding hydrogens is 260 g/mol. The second kappa shape index (κ2) is 4.46. The van der Waals surface area contributed by atoms with Gasteiger partial charge in [-0.2, -0.15) is 0 Å². The summed E-state index contributed by atoms with van der Waals surface area (Å²) in [5.74, 6) is 3.04. The van der Waals surface area contributed by atoms with Crippen LogP contribution in [0.5, 0.6) is 0 Å². The molecule has 1 atom stereocenters. The molecule has 2 aromatic rings. The van der Waals surface area contributed by atoms with Crippen LogP contribution in [0.15, 0.2) is 24.8 Å². The average molecular weight is 286 g/mol. The van der Waals surface area contributed by atoms with Crippen molar-refractivity contribution >= 4 is 0 Å². The minimum atomic E-state index is 0.416. The predicted molar refractivity (Wildman–Crippen MR) is 79.8 cm³/mol. The number of imidazole rings is 2. The van der Waals surface area contributed by atoms with Gasteiger partial charge in [0, 0.05) is 0 Å². The third kappa shape index (κ3) is 1.88. The zero-order chi connectivity index (χ0) is 14.6. The highest BCUT2D eigenvalue weighted by molar-refractivity contribution is 5.03. The molecule has 4 heteroatoms. The zero-order valence-electron chi connectivity index (χ0n) is 13.4. The largest absolute Gasteiger partial charge is 0.257 e. The molecule has 4 rings (SSSR count). The summed E-state index contributed by atoms with van der Waals surface area (Å²) in [6, 6.07) is 0.557. The van der Waals surface area contributed by atoms with Gasteiger partial charge in [0.1, 0.15) is 37.9 Å². The van der Waals surface area contributed by atoms with Gasteiger partial charge < -0.3 is 0 Å². The molecule has 112 valence electrons. The van der Waals surface area contributed by atoms with Crippen LogP contribution < -0.4 is 9.13 Å². The first-order valence-corrected chi connectivity index (χ1v) is 8.28. The predicted octanol–water partition coefficient (Wildman–Crippen LogP) is 1.65. The lowest BCUT2D eigenvalue weighted by molar-refractivity contribution is -0.723. The highest BCUT2D eigenvalue weighted by atomic mass is 15.2. The van der Waals surface area contributed by atoms with Crippen molar-refractivity contribution in [3.05, 3.63) is 36.4 Å². The highest BCUT2D eigenvalue weighted by Crippen LogP contribution is 2.36. The third-order valence-corrected chi connectivity index (χ3v) is 5.23. The van der Waals surface area contributed by atoms with Gasteiger partial charge >= 0.3 is 0 Å². The summed E-state index contributed by atoms with van der Waals surface area (Å²) in [6.07, 6.45) is 12.7. The number of hydrogen-bond acceptors (Lipinski definition) is 0. The van der Waals surface area contributed by atoms with Crippen LogP contribution in [0.3, 0.4) is 0 Å². The molecule has 4 nitrogen and oxygen atoms in total. The van der Waals surface area contributed by atoms with Gasteiger partial charge in [-0.05, 0) is 20.3 Å². The van der Waals surface area contributed by atoms with Crippen LogP contribution in [0, 0.1) is 5.41 Å². The Morgan fingerprint density at radius 3 is 2.48 bits per heavy atom. The summed E-state index contributed by atoms with van der Waals surface area (Å²) in [6.45, 7) is 10.3. The standard InChI is InChI=1S/C17H26N4/c1-4-5-18-6-7-19-12-17(10-15(18)19)11-16-20(13-17)8-9-21(16)14(2)3/h6-9,14H,4-5,10-13H2,1-3H3/q+2/t17-/m0/s1. The second-order valence-electron chi connectivity index (χ2n) is 7.23. The highest BCUT2D eigenvalue weighted by Gasteiger charge is 2.52. The fraction of sp³-hybridized carbons (Fsp3) is 0.647. The van der Waals surface area contributed by atoms with Crippen molar-refractivity contribution in [3.8, 4) is 0 Å². The number of fused-ring (bicyclic) bond motifs is 2. The van der Waals surface area contributed by atoms with Gasteiger partial charge in [0.25, 0.3) is 11.6 Å². The molecule has 0 aliphatic carbocycles. The van der Waals surface area contributed by atoms with E-state index in [1.165, 1.54) is 44.0 Å².